The van der Waals surface area contributed by atoms with Crippen LogP contribution >= 0.6 is 0 Å². The van der Waals surface area contributed by atoms with Crippen LogP contribution in [0.1, 0.15) is 19.3 Å². The van der Waals surface area contributed by atoms with Crippen molar-refractivity contribution < 1.29 is 13.9 Å². The molecule has 1 aromatic rings. The number of benzene rings is 1. The molecule has 1 unspecified atom stereocenters. The van der Waals surface area contributed by atoms with Gasteiger partial charge in [0.05, 0.1) is 6.61 Å². The number of likely N-dealkylation sites (tertiary alicyclic amines) is 1. The number of rotatable bonds is 3. The van der Waals surface area contributed by atoms with Crippen molar-refractivity contribution in [3.63, 3.8) is 0 Å². The molecule has 0 radical (unpaired) electrons. The lowest BCUT2D eigenvalue weighted by molar-refractivity contribution is 0.0684. The largest absolute Gasteiger partial charge is 0.490 e. The van der Waals surface area contributed by atoms with Gasteiger partial charge in [-0.05, 0) is 31.4 Å². The molecule has 104 valence electrons. The summed E-state index contributed by atoms with van der Waals surface area (Å²) in [5.74, 6) is 0.403. The Labute approximate surface area is 113 Å². The highest BCUT2D eigenvalue weighted by Crippen LogP contribution is 2.22. The summed E-state index contributed by atoms with van der Waals surface area (Å²) < 4.78 is 24.4. The minimum absolute atomic E-state index is 0.209. The van der Waals surface area contributed by atoms with Gasteiger partial charge in [-0.3, -0.25) is 4.90 Å². The topological polar surface area (TPSA) is 21.7 Å². The second-order valence-corrected chi connectivity index (χ2v) is 5.33. The molecule has 3 rings (SSSR count). The zero-order chi connectivity index (χ0) is 13.1. The lowest BCUT2D eigenvalue weighted by Gasteiger charge is -2.35. The third-order valence-corrected chi connectivity index (χ3v) is 4.00. The smallest absolute Gasteiger partial charge is 0.126 e. The zero-order valence-corrected chi connectivity index (χ0v) is 11.1. The average molecular weight is 265 g/mol. The summed E-state index contributed by atoms with van der Waals surface area (Å²) in [5.41, 5.74) is 0. The molecule has 2 heterocycles. The molecule has 0 spiro atoms. The van der Waals surface area contributed by atoms with E-state index in [1.165, 1.54) is 12.1 Å². The molecule has 2 aliphatic heterocycles. The fourth-order valence-electron chi connectivity index (χ4n) is 2.90. The van der Waals surface area contributed by atoms with Gasteiger partial charge in [-0.15, -0.1) is 0 Å². The second-order valence-electron chi connectivity index (χ2n) is 5.33. The first-order chi connectivity index (χ1) is 9.31. The minimum Gasteiger partial charge on any atom is -0.490 e. The van der Waals surface area contributed by atoms with E-state index in [2.05, 4.69) is 4.90 Å². The molecule has 0 N–H and O–H groups in total. The molecule has 1 atom stereocenters. The monoisotopic (exact) mass is 265 g/mol. The Kier molecular flexibility index (Phi) is 3.99. The molecule has 2 aliphatic rings. The standard InChI is InChI=1S/C15H20FNO2/c16-12-2-1-3-15(10-12)19-14-4-7-17(8-5-14)13-6-9-18-11-13/h1-3,10,13-14H,4-9,11H2. The highest BCUT2D eigenvalue weighted by atomic mass is 19.1. The van der Waals surface area contributed by atoms with Crippen molar-refractivity contribution in [2.75, 3.05) is 26.3 Å². The minimum atomic E-state index is -0.238. The van der Waals surface area contributed by atoms with Crippen LogP contribution in [0.5, 0.6) is 5.75 Å². The van der Waals surface area contributed by atoms with Crippen molar-refractivity contribution >= 4 is 0 Å². The third kappa shape index (κ3) is 3.25. The van der Waals surface area contributed by atoms with E-state index in [0.29, 0.717) is 11.8 Å². The normalized spacial score (nSPS) is 25.6. The van der Waals surface area contributed by atoms with Gasteiger partial charge in [0.2, 0.25) is 0 Å². The van der Waals surface area contributed by atoms with Gasteiger partial charge >= 0.3 is 0 Å². The predicted molar refractivity (Wildman–Crippen MR) is 70.8 cm³/mol. The Bertz CT molecular complexity index is 412. The molecule has 0 aromatic heterocycles. The Morgan fingerprint density at radius 1 is 1.21 bits per heavy atom. The highest BCUT2D eigenvalue weighted by molar-refractivity contribution is 5.22. The van der Waals surface area contributed by atoms with Gasteiger partial charge in [0.15, 0.2) is 0 Å². The average Bonchev–Trinajstić information content (AvgIpc) is 2.94. The van der Waals surface area contributed by atoms with E-state index in [1.54, 1.807) is 6.07 Å². The van der Waals surface area contributed by atoms with Crippen LogP contribution in [0.3, 0.4) is 0 Å². The maximum Gasteiger partial charge on any atom is 0.126 e. The van der Waals surface area contributed by atoms with Crippen LogP contribution in [0, 0.1) is 5.82 Å². The van der Waals surface area contributed by atoms with E-state index in [0.717, 1.165) is 45.6 Å². The molecular formula is C15H20FNO2. The molecule has 4 heteroatoms. The van der Waals surface area contributed by atoms with Crippen LogP contribution in [0.4, 0.5) is 4.39 Å². The lowest BCUT2D eigenvalue weighted by atomic mass is 10.0. The lowest BCUT2D eigenvalue weighted by Crippen LogP contribution is -2.44. The summed E-state index contributed by atoms with van der Waals surface area (Å²) in [7, 11) is 0. The molecule has 2 saturated heterocycles. The third-order valence-electron chi connectivity index (χ3n) is 4.00. The highest BCUT2D eigenvalue weighted by Gasteiger charge is 2.28. The fraction of sp³-hybridized carbons (Fsp3) is 0.600. The van der Waals surface area contributed by atoms with E-state index in [4.69, 9.17) is 9.47 Å². The number of piperidine rings is 1. The van der Waals surface area contributed by atoms with Gasteiger partial charge in [0.1, 0.15) is 17.7 Å². The van der Waals surface area contributed by atoms with Gasteiger partial charge in [-0.1, -0.05) is 6.07 Å². The summed E-state index contributed by atoms with van der Waals surface area (Å²) in [6.07, 6.45) is 3.37. The van der Waals surface area contributed by atoms with Crippen LogP contribution in [0.2, 0.25) is 0 Å². The molecule has 0 saturated carbocycles. The summed E-state index contributed by atoms with van der Waals surface area (Å²) in [6, 6.07) is 7.00. The van der Waals surface area contributed by atoms with Crippen LogP contribution in [-0.4, -0.2) is 43.3 Å². The maximum atomic E-state index is 13.1. The molecule has 3 nitrogen and oxygen atoms in total. The van der Waals surface area contributed by atoms with Crippen LogP contribution in [0.25, 0.3) is 0 Å². The molecule has 0 bridgehead atoms. The van der Waals surface area contributed by atoms with Crippen LogP contribution in [0.15, 0.2) is 24.3 Å². The van der Waals surface area contributed by atoms with Crippen molar-refractivity contribution in [3.05, 3.63) is 30.1 Å². The maximum absolute atomic E-state index is 13.1. The second kappa shape index (κ2) is 5.88. The Balaban J connectivity index is 1.50. The van der Waals surface area contributed by atoms with E-state index in [1.807, 2.05) is 6.07 Å². The van der Waals surface area contributed by atoms with Gasteiger partial charge < -0.3 is 9.47 Å². The Hall–Kier alpha value is -1.13. The molecule has 2 fully saturated rings. The van der Waals surface area contributed by atoms with E-state index in [9.17, 15) is 4.39 Å². The first-order valence-corrected chi connectivity index (χ1v) is 7.05. The molecule has 1 aromatic carbocycles. The molecule has 0 aliphatic carbocycles. The van der Waals surface area contributed by atoms with Crippen molar-refractivity contribution in [1.82, 2.24) is 4.90 Å². The van der Waals surface area contributed by atoms with Crippen LogP contribution in [-0.2, 0) is 4.74 Å². The van der Waals surface area contributed by atoms with Gasteiger partial charge in [0, 0.05) is 31.8 Å². The first kappa shape index (κ1) is 12.9. The van der Waals surface area contributed by atoms with Gasteiger partial charge in [-0.25, -0.2) is 4.39 Å². The number of halogens is 1. The zero-order valence-electron chi connectivity index (χ0n) is 11.1. The van der Waals surface area contributed by atoms with Crippen molar-refractivity contribution in [2.45, 2.75) is 31.4 Å². The van der Waals surface area contributed by atoms with E-state index >= 15 is 0 Å². The van der Waals surface area contributed by atoms with E-state index < -0.39 is 0 Å². The molecule has 0 amide bonds. The summed E-state index contributed by atoms with van der Waals surface area (Å²) in [5, 5.41) is 0. The first-order valence-electron chi connectivity index (χ1n) is 7.05. The molecular weight excluding hydrogens is 245 g/mol. The molecule has 19 heavy (non-hydrogen) atoms. The van der Waals surface area contributed by atoms with E-state index in [-0.39, 0.29) is 11.9 Å². The summed E-state index contributed by atoms with van der Waals surface area (Å²) >= 11 is 0. The van der Waals surface area contributed by atoms with Crippen LogP contribution < -0.4 is 4.74 Å². The number of hydrogen-bond donors (Lipinski definition) is 0. The summed E-state index contributed by atoms with van der Waals surface area (Å²) in [6.45, 7) is 3.86. The van der Waals surface area contributed by atoms with Crippen molar-refractivity contribution in [1.29, 1.82) is 0 Å². The predicted octanol–water partition coefficient (Wildman–Crippen LogP) is 2.46. The number of hydrogen-bond acceptors (Lipinski definition) is 3. The Morgan fingerprint density at radius 2 is 2.05 bits per heavy atom. The summed E-state index contributed by atoms with van der Waals surface area (Å²) in [4.78, 5) is 2.50. The Morgan fingerprint density at radius 3 is 2.74 bits per heavy atom. The fourth-order valence-corrected chi connectivity index (χ4v) is 2.90. The van der Waals surface area contributed by atoms with Gasteiger partial charge in [0.25, 0.3) is 0 Å². The van der Waals surface area contributed by atoms with Crippen molar-refractivity contribution in [2.24, 2.45) is 0 Å². The number of nitrogens with zero attached hydrogens (tertiary/aromatic N) is 1. The quantitative estimate of drug-likeness (QED) is 0.838. The SMILES string of the molecule is Fc1cccc(OC2CCN(C3CCOC3)CC2)c1. The number of ether oxygens (including phenoxy) is 2. The van der Waals surface area contributed by atoms with Gasteiger partial charge in [-0.2, -0.15) is 0 Å². The van der Waals surface area contributed by atoms with Crippen molar-refractivity contribution in [3.8, 4) is 5.75 Å².